The van der Waals surface area contributed by atoms with E-state index in [1.807, 2.05) is 45.0 Å². The van der Waals surface area contributed by atoms with Gasteiger partial charge in [0.1, 0.15) is 5.54 Å². The van der Waals surface area contributed by atoms with Crippen LogP contribution in [0.15, 0.2) is 30.3 Å². The van der Waals surface area contributed by atoms with Gasteiger partial charge in [0.15, 0.2) is 0 Å². The number of aryl methyl sites for hydroxylation is 2. The zero-order chi connectivity index (χ0) is 22.5. The van der Waals surface area contributed by atoms with Crippen LogP contribution in [-0.2, 0) is 19.9 Å². The van der Waals surface area contributed by atoms with Crippen LogP contribution < -0.4 is 10.2 Å². The summed E-state index contributed by atoms with van der Waals surface area (Å²) in [7, 11) is 0. The van der Waals surface area contributed by atoms with E-state index in [0.29, 0.717) is 22.9 Å². The summed E-state index contributed by atoms with van der Waals surface area (Å²) in [5, 5.41) is 3.59. The van der Waals surface area contributed by atoms with Crippen LogP contribution in [0.3, 0.4) is 0 Å². The molecule has 3 fully saturated rings. The van der Waals surface area contributed by atoms with Crippen molar-refractivity contribution in [3.63, 3.8) is 0 Å². The minimum Gasteiger partial charge on any atom is -0.324 e. The van der Waals surface area contributed by atoms with E-state index in [1.165, 1.54) is 4.90 Å². The van der Waals surface area contributed by atoms with Crippen LogP contribution in [0.2, 0.25) is 5.02 Å². The van der Waals surface area contributed by atoms with E-state index in [2.05, 4.69) is 10.2 Å². The molecule has 3 amide bonds. The standard InChI is InChI=1S/C25H24ClN3O3/c1-12-6-7-15(11-13(12)2)29-22(30)19-18-5-4-10-28(18)25(20(19)23(29)31)16-8-9-17(26)14(3)21(16)27-24(25)32/h6-9,11,18-20H,4-5,10H2,1-3H3,(H,27,32)/t18-,19+,20+,25-/m0/s1. The molecule has 2 aromatic rings. The average Bonchev–Trinajstić information content (AvgIpc) is 3.46. The minimum atomic E-state index is -1.17. The maximum atomic E-state index is 14.0. The molecule has 0 aromatic heterocycles. The van der Waals surface area contributed by atoms with Crippen molar-refractivity contribution < 1.29 is 14.4 Å². The molecule has 2 aromatic carbocycles. The molecule has 164 valence electrons. The molecule has 0 aliphatic carbocycles. The van der Waals surface area contributed by atoms with Gasteiger partial charge in [0.05, 0.1) is 23.2 Å². The monoisotopic (exact) mass is 449 g/mol. The molecule has 4 heterocycles. The molecule has 4 atom stereocenters. The fraction of sp³-hybridized carbons (Fsp3) is 0.400. The number of hydrogen-bond acceptors (Lipinski definition) is 4. The predicted molar refractivity (Wildman–Crippen MR) is 122 cm³/mol. The summed E-state index contributed by atoms with van der Waals surface area (Å²) in [5.41, 5.74) is 3.78. The van der Waals surface area contributed by atoms with Gasteiger partial charge in [-0.3, -0.25) is 19.3 Å². The lowest BCUT2D eigenvalue weighted by atomic mass is 9.75. The molecule has 0 saturated carbocycles. The fourth-order valence-corrected chi connectivity index (χ4v) is 6.67. The maximum absolute atomic E-state index is 14.0. The van der Waals surface area contributed by atoms with E-state index in [0.717, 1.165) is 35.1 Å². The van der Waals surface area contributed by atoms with Crippen molar-refractivity contribution in [1.29, 1.82) is 0 Å². The molecule has 1 N–H and O–H groups in total. The van der Waals surface area contributed by atoms with Crippen LogP contribution in [0.25, 0.3) is 0 Å². The molecule has 4 aliphatic heterocycles. The van der Waals surface area contributed by atoms with Crippen molar-refractivity contribution in [3.8, 4) is 0 Å². The van der Waals surface area contributed by atoms with E-state index >= 15 is 0 Å². The Morgan fingerprint density at radius 3 is 2.56 bits per heavy atom. The van der Waals surface area contributed by atoms with Crippen LogP contribution in [0, 0.1) is 32.6 Å². The smallest absolute Gasteiger partial charge is 0.250 e. The Balaban J connectivity index is 1.56. The summed E-state index contributed by atoms with van der Waals surface area (Å²) in [4.78, 5) is 44.9. The van der Waals surface area contributed by atoms with Gasteiger partial charge in [0.2, 0.25) is 17.7 Å². The Labute approximate surface area is 191 Å². The van der Waals surface area contributed by atoms with Crippen molar-refractivity contribution in [3.05, 3.63) is 57.6 Å². The van der Waals surface area contributed by atoms with Gasteiger partial charge < -0.3 is 5.32 Å². The largest absolute Gasteiger partial charge is 0.324 e. The van der Waals surface area contributed by atoms with Gasteiger partial charge in [0.25, 0.3) is 0 Å². The third-order valence-corrected chi connectivity index (χ3v) is 8.52. The number of nitrogens with zero attached hydrogens (tertiary/aromatic N) is 2. The maximum Gasteiger partial charge on any atom is 0.250 e. The van der Waals surface area contributed by atoms with Gasteiger partial charge >= 0.3 is 0 Å². The van der Waals surface area contributed by atoms with Gasteiger partial charge in [-0.15, -0.1) is 0 Å². The van der Waals surface area contributed by atoms with E-state index in [4.69, 9.17) is 11.6 Å². The molecule has 0 bridgehead atoms. The van der Waals surface area contributed by atoms with Crippen LogP contribution in [0.5, 0.6) is 0 Å². The molecule has 6 rings (SSSR count). The summed E-state index contributed by atoms with van der Waals surface area (Å²) < 4.78 is 0. The zero-order valence-corrected chi connectivity index (χ0v) is 19.0. The number of carbonyl (C=O) groups is 3. The van der Waals surface area contributed by atoms with Crippen LogP contribution in [-0.4, -0.2) is 35.2 Å². The first kappa shape index (κ1) is 19.9. The number of rotatable bonds is 1. The number of amides is 3. The summed E-state index contributed by atoms with van der Waals surface area (Å²) >= 11 is 6.35. The molecule has 0 radical (unpaired) electrons. The number of imide groups is 1. The van der Waals surface area contributed by atoms with Crippen molar-refractivity contribution in [2.24, 2.45) is 11.8 Å². The highest BCUT2D eigenvalue weighted by molar-refractivity contribution is 6.32. The highest BCUT2D eigenvalue weighted by Crippen LogP contribution is 2.61. The number of fused-ring (bicyclic) bond motifs is 7. The summed E-state index contributed by atoms with van der Waals surface area (Å²) in [6.45, 7) is 6.53. The zero-order valence-electron chi connectivity index (χ0n) is 18.2. The van der Waals surface area contributed by atoms with Crippen LogP contribution >= 0.6 is 11.6 Å². The molecule has 4 aliphatic rings. The third-order valence-electron chi connectivity index (χ3n) is 8.11. The van der Waals surface area contributed by atoms with Crippen molar-refractivity contribution in [2.45, 2.75) is 45.2 Å². The Morgan fingerprint density at radius 1 is 1.03 bits per heavy atom. The first-order valence-electron chi connectivity index (χ1n) is 11.1. The summed E-state index contributed by atoms with van der Waals surface area (Å²) in [6, 6.07) is 9.17. The summed E-state index contributed by atoms with van der Waals surface area (Å²) in [6.07, 6.45) is 1.70. The second kappa shape index (κ2) is 6.42. The summed E-state index contributed by atoms with van der Waals surface area (Å²) in [5.74, 6) is -1.97. The highest BCUT2D eigenvalue weighted by atomic mass is 35.5. The molecule has 0 unspecified atom stereocenters. The van der Waals surface area contributed by atoms with Crippen molar-refractivity contribution in [1.82, 2.24) is 4.90 Å². The molecule has 6 nitrogen and oxygen atoms in total. The molecular formula is C25H24ClN3O3. The molecule has 7 heteroatoms. The second-order valence-corrected chi connectivity index (χ2v) is 9.91. The lowest BCUT2D eigenvalue weighted by Gasteiger charge is -2.36. The minimum absolute atomic E-state index is 0.124. The lowest BCUT2D eigenvalue weighted by molar-refractivity contribution is -0.135. The second-order valence-electron chi connectivity index (χ2n) is 9.50. The Kier molecular flexibility index (Phi) is 4.00. The normalized spacial score (nSPS) is 30.8. The third kappa shape index (κ3) is 2.17. The van der Waals surface area contributed by atoms with E-state index in [9.17, 15) is 14.4 Å². The average molecular weight is 450 g/mol. The molecule has 32 heavy (non-hydrogen) atoms. The first-order chi connectivity index (χ1) is 15.3. The Bertz CT molecular complexity index is 1240. The number of nitrogens with one attached hydrogen (secondary N) is 1. The first-order valence-corrected chi connectivity index (χ1v) is 11.5. The van der Waals surface area contributed by atoms with Gasteiger partial charge in [-0.25, -0.2) is 4.90 Å². The SMILES string of the molecule is Cc1ccc(N2C(=O)[C@@H]3[C@@H]4CCCN4[C@]4(C(=O)Nc5c4ccc(Cl)c5C)[C@H]3C2=O)cc1C. The van der Waals surface area contributed by atoms with Gasteiger partial charge in [-0.2, -0.15) is 0 Å². The Hall–Kier alpha value is -2.70. The van der Waals surface area contributed by atoms with Gasteiger partial charge in [0, 0.05) is 16.6 Å². The highest BCUT2D eigenvalue weighted by Gasteiger charge is 2.74. The molecule has 3 saturated heterocycles. The fourth-order valence-electron chi connectivity index (χ4n) is 6.51. The lowest BCUT2D eigenvalue weighted by Crippen LogP contribution is -2.54. The van der Waals surface area contributed by atoms with E-state index in [1.54, 1.807) is 6.07 Å². The Morgan fingerprint density at radius 2 is 1.81 bits per heavy atom. The van der Waals surface area contributed by atoms with Crippen molar-refractivity contribution >= 4 is 40.7 Å². The van der Waals surface area contributed by atoms with Crippen LogP contribution in [0.1, 0.15) is 35.1 Å². The quantitative estimate of drug-likeness (QED) is 0.674. The number of anilines is 2. The van der Waals surface area contributed by atoms with Crippen LogP contribution in [0.4, 0.5) is 11.4 Å². The number of halogens is 1. The van der Waals surface area contributed by atoms with E-state index < -0.39 is 17.4 Å². The number of hydrogen-bond donors (Lipinski definition) is 1. The van der Waals surface area contributed by atoms with Gasteiger partial charge in [-0.1, -0.05) is 23.7 Å². The van der Waals surface area contributed by atoms with Gasteiger partial charge in [-0.05, 0) is 75.0 Å². The van der Waals surface area contributed by atoms with E-state index in [-0.39, 0.29) is 23.8 Å². The molecule has 1 spiro atoms. The topological polar surface area (TPSA) is 69.7 Å². The van der Waals surface area contributed by atoms with Crippen molar-refractivity contribution in [2.75, 3.05) is 16.8 Å². The predicted octanol–water partition coefficient (Wildman–Crippen LogP) is 3.70. The molecular weight excluding hydrogens is 426 g/mol. The number of carbonyl (C=O) groups excluding carboxylic acids is 3. The number of benzene rings is 2.